The second-order valence-corrected chi connectivity index (χ2v) is 5.50. The summed E-state index contributed by atoms with van der Waals surface area (Å²) in [5.74, 6) is 0.619. The van der Waals surface area contributed by atoms with E-state index < -0.39 is 11.9 Å². The summed E-state index contributed by atoms with van der Waals surface area (Å²) in [6.07, 6.45) is 3.06. The Morgan fingerprint density at radius 2 is 1.11 bits per heavy atom. The Kier molecular flexibility index (Phi) is 7.27. The normalized spacial score (nSPS) is 10.9. The summed E-state index contributed by atoms with van der Waals surface area (Å²) in [5, 5.41) is 7.97. The molecule has 0 fully saturated rings. The minimum absolute atomic E-state index is 0.329. The van der Waals surface area contributed by atoms with Crippen molar-refractivity contribution in [1.29, 1.82) is 0 Å². The third-order valence-corrected chi connectivity index (χ3v) is 3.36. The number of carbonyl (C=O) groups is 2. The zero-order valence-electron chi connectivity index (χ0n) is 16.0. The van der Waals surface area contributed by atoms with Gasteiger partial charge in [0.25, 0.3) is 0 Å². The van der Waals surface area contributed by atoms with Crippen molar-refractivity contribution in [3.8, 4) is 23.0 Å². The Labute approximate surface area is 162 Å². The van der Waals surface area contributed by atoms with Gasteiger partial charge in [-0.1, -0.05) is 0 Å². The zero-order chi connectivity index (χ0) is 20.5. The molecule has 0 amide bonds. The molecule has 0 aliphatic rings. The lowest BCUT2D eigenvalue weighted by Gasteiger charge is -2.08. The highest BCUT2D eigenvalue weighted by Crippen LogP contribution is 2.28. The van der Waals surface area contributed by atoms with Crippen molar-refractivity contribution in [2.45, 2.75) is 13.8 Å². The minimum Gasteiger partial charge on any atom is -0.493 e. The van der Waals surface area contributed by atoms with Crippen LogP contribution in [0.15, 0.2) is 46.6 Å². The number of hydrogen-bond acceptors (Lipinski definition) is 8. The third-order valence-electron chi connectivity index (χ3n) is 3.36. The van der Waals surface area contributed by atoms with Crippen LogP contribution in [-0.2, 0) is 9.59 Å². The van der Waals surface area contributed by atoms with Crippen LogP contribution < -0.4 is 18.9 Å². The van der Waals surface area contributed by atoms with Gasteiger partial charge in [-0.15, -0.1) is 0 Å². The third kappa shape index (κ3) is 5.94. The Balaban J connectivity index is 2.10. The number of methoxy groups -OCH3 is 2. The molecule has 0 N–H and O–H groups in total. The van der Waals surface area contributed by atoms with Crippen molar-refractivity contribution in [1.82, 2.24) is 0 Å². The van der Waals surface area contributed by atoms with Crippen LogP contribution in [0.2, 0.25) is 0 Å². The Morgan fingerprint density at radius 3 is 1.43 bits per heavy atom. The predicted octanol–water partition coefficient (Wildman–Crippen LogP) is 3.01. The molecule has 8 heteroatoms. The van der Waals surface area contributed by atoms with Gasteiger partial charge in [0.2, 0.25) is 0 Å². The molecule has 0 unspecified atom stereocenters. The average Bonchev–Trinajstić information content (AvgIpc) is 2.66. The topological polar surface area (TPSA) is 95.8 Å². The van der Waals surface area contributed by atoms with Crippen LogP contribution in [0.4, 0.5) is 0 Å². The molecular weight excluding hydrogens is 364 g/mol. The molecule has 28 heavy (non-hydrogen) atoms. The van der Waals surface area contributed by atoms with Gasteiger partial charge in [0.05, 0.1) is 26.6 Å². The molecule has 0 saturated heterocycles. The standard InChI is InChI=1S/C20H20N2O6/c1-13(23)27-17-7-5-15(9-19(17)25-3)11-21-22-12-16-6-8-18(28-14(2)24)20(10-16)26-4/h5-12H,1-4H3. The van der Waals surface area contributed by atoms with Gasteiger partial charge >= 0.3 is 11.9 Å². The van der Waals surface area contributed by atoms with Gasteiger partial charge < -0.3 is 18.9 Å². The average molecular weight is 384 g/mol. The number of esters is 2. The summed E-state index contributed by atoms with van der Waals surface area (Å²) < 4.78 is 20.5. The molecule has 0 saturated carbocycles. The van der Waals surface area contributed by atoms with Crippen molar-refractivity contribution < 1.29 is 28.5 Å². The number of ether oxygens (including phenoxy) is 4. The molecule has 0 spiro atoms. The van der Waals surface area contributed by atoms with Crippen LogP contribution in [-0.4, -0.2) is 38.6 Å². The first-order valence-electron chi connectivity index (χ1n) is 8.22. The highest BCUT2D eigenvalue weighted by atomic mass is 16.6. The largest absolute Gasteiger partial charge is 0.493 e. The van der Waals surface area contributed by atoms with Crippen LogP contribution in [0.5, 0.6) is 23.0 Å². The maximum Gasteiger partial charge on any atom is 0.308 e. The van der Waals surface area contributed by atoms with Gasteiger partial charge in [0.15, 0.2) is 23.0 Å². The fourth-order valence-corrected chi connectivity index (χ4v) is 2.21. The molecule has 2 aromatic rings. The van der Waals surface area contributed by atoms with Crippen molar-refractivity contribution in [3.05, 3.63) is 47.5 Å². The van der Waals surface area contributed by atoms with Crippen molar-refractivity contribution in [3.63, 3.8) is 0 Å². The van der Waals surface area contributed by atoms with E-state index in [1.165, 1.54) is 40.5 Å². The summed E-state index contributed by atoms with van der Waals surface area (Å²) in [6.45, 7) is 2.63. The SMILES string of the molecule is COc1cc(C=NN=Cc2ccc(OC(C)=O)c(OC)c2)ccc1OC(C)=O. The smallest absolute Gasteiger partial charge is 0.308 e. The van der Waals surface area contributed by atoms with Crippen LogP contribution in [0.25, 0.3) is 0 Å². The molecule has 0 heterocycles. The van der Waals surface area contributed by atoms with Gasteiger partial charge in [-0.05, 0) is 47.5 Å². The lowest BCUT2D eigenvalue weighted by molar-refractivity contribution is -0.132. The second-order valence-electron chi connectivity index (χ2n) is 5.50. The van der Waals surface area contributed by atoms with E-state index in [0.29, 0.717) is 34.1 Å². The van der Waals surface area contributed by atoms with Gasteiger partial charge in [-0.3, -0.25) is 9.59 Å². The maximum atomic E-state index is 11.1. The molecule has 2 aromatic carbocycles. The van der Waals surface area contributed by atoms with Crippen molar-refractivity contribution >= 4 is 24.4 Å². The fourth-order valence-electron chi connectivity index (χ4n) is 2.21. The van der Waals surface area contributed by atoms with Crippen LogP contribution in [0.3, 0.4) is 0 Å². The molecule has 8 nitrogen and oxygen atoms in total. The van der Waals surface area contributed by atoms with Gasteiger partial charge in [0.1, 0.15) is 0 Å². The molecule has 146 valence electrons. The lowest BCUT2D eigenvalue weighted by Crippen LogP contribution is -2.03. The monoisotopic (exact) mass is 384 g/mol. The van der Waals surface area contributed by atoms with E-state index in [9.17, 15) is 9.59 Å². The van der Waals surface area contributed by atoms with Gasteiger partial charge in [-0.25, -0.2) is 0 Å². The highest BCUT2D eigenvalue weighted by molar-refractivity contribution is 5.84. The van der Waals surface area contributed by atoms with Crippen molar-refractivity contribution in [2.75, 3.05) is 14.2 Å². The first-order valence-corrected chi connectivity index (χ1v) is 8.22. The molecule has 0 aromatic heterocycles. The lowest BCUT2D eigenvalue weighted by atomic mass is 10.2. The summed E-state index contributed by atoms with van der Waals surface area (Å²) in [4.78, 5) is 22.1. The van der Waals surface area contributed by atoms with E-state index in [0.717, 1.165) is 0 Å². The highest BCUT2D eigenvalue weighted by Gasteiger charge is 2.08. The Morgan fingerprint density at radius 1 is 0.714 bits per heavy atom. The molecule has 0 bridgehead atoms. The van der Waals surface area contributed by atoms with Crippen LogP contribution in [0.1, 0.15) is 25.0 Å². The van der Waals surface area contributed by atoms with E-state index in [-0.39, 0.29) is 0 Å². The van der Waals surface area contributed by atoms with E-state index in [1.54, 1.807) is 36.4 Å². The summed E-state index contributed by atoms with van der Waals surface area (Å²) >= 11 is 0. The number of rotatable bonds is 7. The van der Waals surface area contributed by atoms with Crippen LogP contribution in [0, 0.1) is 0 Å². The number of hydrogen-bond donors (Lipinski definition) is 0. The number of carbonyl (C=O) groups excluding carboxylic acids is 2. The van der Waals surface area contributed by atoms with E-state index in [4.69, 9.17) is 18.9 Å². The van der Waals surface area contributed by atoms with E-state index >= 15 is 0 Å². The van der Waals surface area contributed by atoms with Crippen molar-refractivity contribution in [2.24, 2.45) is 10.2 Å². The van der Waals surface area contributed by atoms with Crippen LogP contribution >= 0.6 is 0 Å². The van der Waals surface area contributed by atoms with E-state index in [2.05, 4.69) is 10.2 Å². The zero-order valence-corrected chi connectivity index (χ0v) is 16.0. The molecule has 0 aliphatic carbocycles. The van der Waals surface area contributed by atoms with Gasteiger partial charge in [-0.2, -0.15) is 10.2 Å². The quantitative estimate of drug-likeness (QED) is 0.315. The first-order chi connectivity index (χ1) is 13.4. The molecule has 0 atom stereocenters. The summed E-state index contributed by atoms with van der Waals surface area (Å²) in [6, 6.07) is 10.0. The Bertz CT molecular complexity index is 845. The predicted molar refractivity (Wildman–Crippen MR) is 104 cm³/mol. The van der Waals surface area contributed by atoms with E-state index in [1.807, 2.05) is 0 Å². The maximum absolute atomic E-state index is 11.1. The number of benzene rings is 2. The first kappa shape index (κ1) is 20.6. The molecule has 0 radical (unpaired) electrons. The summed E-state index contributed by atoms with van der Waals surface area (Å²) in [5.41, 5.74) is 1.43. The Hall–Kier alpha value is -3.68. The molecule has 0 aliphatic heterocycles. The molecule has 2 rings (SSSR count). The molecular formula is C20H20N2O6. The van der Waals surface area contributed by atoms with Gasteiger partial charge in [0, 0.05) is 13.8 Å². The second kappa shape index (κ2) is 9.86. The number of nitrogens with zero attached hydrogens (tertiary/aromatic N) is 2. The fraction of sp³-hybridized carbons (Fsp3) is 0.200. The summed E-state index contributed by atoms with van der Waals surface area (Å²) in [7, 11) is 2.96. The minimum atomic E-state index is -0.431.